The van der Waals surface area contributed by atoms with E-state index in [4.69, 9.17) is 5.84 Å². The lowest BCUT2D eigenvalue weighted by atomic mass is 10.2. The lowest BCUT2D eigenvalue weighted by molar-refractivity contribution is 0.784. The van der Waals surface area contributed by atoms with E-state index in [1.54, 1.807) is 11.8 Å². The van der Waals surface area contributed by atoms with Crippen LogP contribution in [-0.2, 0) is 0 Å². The van der Waals surface area contributed by atoms with Crippen LogP contribution < -0.4 is 11.3 Å². The Morgan fingerprint density at radius 3 is 3.00 bits per heavy atom. The van der Waals surface area contributed by atoms with Gasteiger partial charge in [-0.15, -0.1) is 11.8 Å². The predicted molar refractivity (Wildman–Crippen MR) is 48.6 cm³/mol. The van der Waals surface area contributed by atoms with E-state index in [1.807, 2.05) is 0 Å². The monoisotopic (exact) mass is 166 g/mol. The Balaban J connectivity index is 2.26. The number of thioether (sulfide) groups is 1. The number of nitrogens with one attached hydrogen (secondary N) is 1. The Morgan fingerprint density at radius 1 is 1.55 bits per heavy atom. The summed E-state index contributed by atoms with van der Waals surface area (Å²) in [6.07, 6.45) is 6.51. The van der Waals surface area contributed by atoms with Crippen molar-refractivity contribution in [1.29, 1.82) is 0 Å². The van der Waals surface area contributed by atoms with Crippen LogP contribution in [0.2, 0.25) is 0 Å². The van der Waals surface area contributed by atoms with Crippen molar-refractivity contribution in [2.75, 3.05) is 0 Å². The third-order valence-electron chi connectivity index (χ3n) is 1.78. The summed E-state index contributed by atoms with van der Waals surface area (Å²) in [7, 11) is 0. The molecule has 2 aliphatic rings. The van der Waals surface area contributed by atoms with Crippen LogP contribution in [0.4, 0.5) is 0 Å². The van der Waals surface area contributed by atoms with E-state index in [0.29, 0.717) is 0 Å². The van der Waals surface area contributed by atoms with Crippen LogP contribution >= 0.6 is 11.8 Å². The maximum absolute atomic E-state index is 5.31. The lowest BCUT2D eigenvalue weighted by Crippen LogP contribution is -2.29. The van der Waals surface area contributed by atoms with Crippen molar-refractivity contribution in [3.8, 4) is 0 Å². The van der Waals surface area contributed by atoms with Gasteiger partial charge in [-0.25, -0.2) is 5.43 Å². The normalized spacial score (nSPS) is 27.8. The summed E-state index contributed by atoms with van der Waals surface area (Å²) in [4.78, 5) is 1.34. The first kappa shape index (κ1) is 7.16. The average Bonchev–Trinajstić information content (AvgIpc) is 2.43. The largest absolute Gasteiger partial charge is 0.270 e. The first-order valence-corrected chi connectivity index (χ1v) is 4.42. The number of hydrogen-bond acceptors (Lipinski definition) is 3. The molecule has 3 heteroatoms. The van der Waals surface area contributed by atoms with Crippen molar-refractivity contribution in [3.05, 3.63) is 34.3 Å². The SMILES string of the molecule is CC1=CC2=CC(NN)SC2=C1. The highest BCUT2D eigenvalue weighted by atomic mass is 32.2. The zero-order valence-corrected chi connectivity index (χ0v) is 7.11. The molecule has 0 saturated heterocycles. The second-order valence-corrected chi connectivity index (χ2v) is 3.91. The van der Waals surface area contributed by atoms with Crippen molar-refractivity contribution in [2.24, 2.45) is 5.84 Å². The fraction of sp³-hybridized carbons (Fsp3) is 0.250. The summed E-state index contributed by atoms with van der Waals surface area (Å²) in [6.45, 7) is 2.11. The van der Waals surface area contributed by atoms with Crippen LogP contribution in [0, 0.1) is 0 Å². The highest BCUT2D eigenvalue weighted by Gasteiger charge is 2.21. The van der Waals surface area contributed by atoms with Gasteiger partial charge in [-0.05, 0) is 30.2 Å². The summed E-state index contributed by atoms with van der Waals surface area (Å²) in [5.41, 5.74) is 5.37. The minimum Gasteiger partial charge on any atom is -0.270 e. The van der Waals surface area contributed by atoms with Gasteiger partial charge in [0, 0.05) is 4.91 Å². The molecule has 11 heavy (non-hydrogen) atoms. The van der Waals surface area contributed by atoms with Gasteiger partial charge in [-0.3, -0.25) is 5.84 Å². The second-order valence-electron chi connectivity index (χ2n) is 2.72. The molecule has 58 valence electrons. The number of nitrogens with two attached hydrogens (primary N) is 1. The van der Waals surface area contributed by atoms with Gasteiger partial charge in [-0.1, -0.05) is 6.08 Å². The fourth-order valence-electron chi connectivity index (χ4n) is 1.30. The molecule has 1 unspecified atom stereocenters. The Morgan fingerprint density at radius 2 is 2.36 bits per heavy atom. The van der Waals surface area contributed by atoms with Gasteiger partial charge in [0.15, 0.2) is 0 Å². The summed E-state index contributed by atoms with van der Waals surface area (Å²) < 4.78 is 0. The molecule has 1 heterocycles. The van der Waals surface area contributed by atoms with Crippen molar-refractivity contribution < 1.29 is 0 Å². The van der Waals surface area contributed by atoms with E-state index in [-0.39, 0.29) is 5.37 Å². The van der Waals surface area contributed by atoms with Gasteiger partial charge < -0.3 is 0 Å². The van der Waals surface area contributed by atoms with Gasteiger partial charge in [0.25, 0.3) is 0 Å². The zero-order valence-electron chi connectivity index (χ0n) is 6.29. The van der Waals surface area contributed by atoms with E-state index >= 15 is 0 Å². The van der Waals surface area contributed by atoms with Gasteiger partial charge in [0.05, 0.1) is 5.37 Å². The Labute approximate surface area is 70.2 Å². The molecule has 3 N–H and O–H groups in total. The van der Waals surface area contributed by atoms with Crippen LogP contribution in [0.5, 0.6) is 0 Å². The molecular weight excluding hydrogens is 156 g/mol. The Hall–Kier alpha value is -0.510. The van der Waals surface area contributed by atoms with Crippen molar-refractivity contribution in [1.82, 2.24) is 5.43 Å². The van der Waals surface area contributed by atoms with E-state index in [2.05, 4.69) is 30.6 Å². The van der Waals surface area contributed by atoms with Gasteiger partial charge in [0.2, 0.25) is 0 Å². The highest BCUT2D eigenvalue weighted by molar-refractivity contribution is 8.04. The molecule has 0 aromatic carbocycles. The summed E-state index contributed by atoms with van der Waals surface area (Å²) in [5, 5.41) is 0.264. The molecule has 0 aromatic rings. The standard InChI is InChI=1S/C8H10N2S/c1-5-2-6-4-8(10-9)11-7(6)3-5/h2-4,8,10H,9H2,1H3. The molecule has 2 nitrogen and oxygen atoms in total. The number of fused-ring (bicyclic) bond motifs is 1. The molecule has 0 amide bonds. The minimum absolute atomic E-state index is 0.264. The number of hydrazine groups is 1. The van der Waals surface area contributed by atoms with Gasteiger partial charge >= 0.3 is 0 Å². The van der Waals surface area contributed by atoms with E-state index in [1.165, 1.54) is 16.1 Å². The number of rotatable bonds is 1. The van der Waals surface area contributed by atoms with Crippen molar-refractivity contribution >= 4 is 11.8 Å². The summed E-state index contributed by atoms with van der Waals surface area (Å²) in [5.74, 6) is 5.31. The highest BCUT2D eigenvalue weighted by Crippen LogP contribution is 2.40. The summed E-state index contributed by atoms with van der Waals surface area (Å²) >= 11 is 1.77. The summed E-state index contributed by atoms with van der Waals surface area (Å²) in [6, 6.07) is 0. The maximum Gasteiger partial charge on any atom is 0.0900 e. The third kappa shape index (κ3) is 1.15. The molecule has 0 aromatic heterocycles. The molecule has 1 aliphatic carbocycles. The van der Waals surface area contributed by atoms with Crippen molar-refractivity contribution in [2.45, 2.75) is 12.3 Å². The van der Waals surface area contributed by atoms with Crippen LogP contribution in [0.1, 0.15) is 6.92 Å². The van der Waals surface area contributed by atoms with Crippen LogP contribution in [-0.4, -0.2) is 5.37 Å². The molecule has 1 aliphatic heterocycles. The van der Waals surface area contributed by atoms with Gasteiger partial charge in [-0.2, -0.15) is 0 Å². The maximum atomic E-state index is 5.31. The first-order chi connectivity index (χ1) is 5.29. The Kier molecular flexibility index (Phi) is 1.64. The lowest BCUT2D eigenvalue weighted by Gasteiger charge is -2.02. The second kappa shape index (κ2) is 2.52. The molecule has 0 bridgehead atoms. The number of hydrogen-bond donors (Lipinski definition) is 2. The van der Waals surface area contributed by atoms with E-state index in [9.17, 15) is 0 Å². The minimum atomic E-state index is 0.264. The molecule has 0 fully saturated rings. The average molecular weight is 166 g/mol. The topological polar surface area (TPSA) is 38.0 Å². The Bertz CT molecular complexity index is 276. The van der Waals surface area contributed by atoms with Crippen molar-refractivity contribution in [3.63, 3.8) is 0 Å². The smallest absolute Gasteiger partial charge is 0.0900 e. The molecule has 2 rings (SSSR count). The molecule has 0 saturated carbocycles. The first-order valence-electron chi connectivity index (χ1n) is 3.54. The van der Waals surface area contributed by atoms with Gasteiger partial charge in [0.1, 0.15) is 0 Å². The molecular formula is C8H10N2S. The number of allylic oxidation sites excluding steroid dienone is 4. The molecule has 0 spiro atoms. The van der Waals surface area contributed by atoms with Crippen LogP contribution in [0.25, 0.3) is 0 Å². The fourth-order valence-corrected chi connectivity index (χ4v) is 2.37. The predicted octanol–water partition coefficient (Wildman–Crippen LogP) is 1.29. The molecule has 0 radical (unpaired) electrons. The van der Waals surface area contributed by atoms with Crippen LogP contribution in [0.3, 0.4) is 0 Å². The van der Waals surface area contributed by atoms with E-state index < -0.39 is 0 Å². The zero-order chi connectivity index (χ0) is 7.84. The molecule has 1 atom stereocenters. The van der Waals surface area contributed by atoms with E-state index in [0.717, 1.165) is 0 Å². The quantitative estimate of drug-likeness (QED) is 0.455. The van der Waals surface area contributed by atoms with Crippen LogP contribution in [0.15, 0.2) is 34.3 Å². The third-order valence-corrected chi connectivity index (χ3v) is 2.91.